The Morgan fingerprint density at radius 3 is 2.59 bits per heavy atom. The van der Waals surface area contributed by atoms with E-state index in [0.29, 0.717) is 34.4 Å². The second kappa shape index (κ2) is 7.88. The summed E-state index contributed by atoms with van der Waals surface area (Å²) in [5, 5.41) is 3.42. The average Bonchev–Trinajstić information content (AvgIpc) is 3.06. The van der Waals surface area contributed by atoms with Gasteiger partial charge >= 0.3 is 0 Å². The molecular weight excluding hydrogens is 368 g/mol. The Balaban J connectivity index is 1.78. The number of hydrogen-bond acceptors (Lipinski definition) is 4. The Morgan fingerprint density at radius 2 is 1.89 bits per heavy atom. The van der Waals surface area contributed by atoms with Crippen LogP contribution in [0.3, 0.4) is 0 Å². The number of halogens is 1. The molecule has 1 saturated heterocycles. The van der Waals surface area contributed by atoms with Crippen molar-refractivity contribution in [3.8, 4) is 11.5 Å². The second-order valence-electron chi connectivity index (χ2n) is 6.37. The molecule has 7 heteroatoms. The lowest BCUT2D eigenvalue weighted by molar-refractivity contribution is -0.122. The molecule has 6 nitrogen and oxygen atoms in total. The predicted octanol–water partition coefficient (Wildman–Crippen LogP) is 3.66. The van der Waals surface area contributed by atoms with Gasteiger partial charge in [-0.1, -0.05) is 23.7 Å². The number of nitrogens with one attached hydrogen (secondary N) is 1. The Labute approximate surface area is 163 Å². The van der Waals surface area contributed by atoms with Crippen molar-refractivity contribution in [2.24, 2.45) is 5.92 Å². The SMILES string of the molecule is COc1cc(Cl)c(C)cc1NC(=O)[C@@H]1CC(=O)N(c2ccccc2OC)C1. The van der Waals surface area contributed by atoms with E-state index in [2.05, 4.69) is 5.32 Å². The van der Waals surface area contributed by atoms with Gasteiger partial charge in [-0.3, -0.25) is 9.59 Å². The molecular formula is C20H21ClN2O4. The van der Waals surface area contributed by atoms with E-state index in [-0.39, 0.29) is 18.2 Å². The molecule has 1 heterocycles. The number of nitrogens with zero attached hydrogens (tertiary/aromatic N) is 1. The number of anilines is 2. The number of amides is 2. The van der Waals surface area contributed by atoms with E-state index in [1.165, 1.54) is 7.11 Å². The van der Waals surface area contributed by atoms with Crippen LogP contribution in [-0.2, 0) is 9.59 Å². The normalized spacial score (nSPS) is 16.4. The summed E-state index contributed by atoms with van der Waals surface area (Å²) in [6.07, 6.45) is 0.138. The van der Waals surface area contributed by atoms with Crippen molar-refractivity contribution in [2.45, 2.75) is 13.3 Å². The number of rotatable bonds is 5. The first-order valence-corrected chi connectivity index (χ1v) is 8.90. The highest BCUT2D eigenvalue weighted by Gasteiger charge is 2.36. The van der Waals surface area contributed by atoms with Gasteiger partial charge in [0.1, 0.15) is 11.5 Å². The number of methoxy groups -OCH3 is 2. The van der Waals surface area contributed by atoms with Crippen LogP contribution in [0.1, 0.15) is 12.0 Å². The van der Waals surface area contributed by atoms with Gasteiger partial charge in [-0.15, -0.1) is 0 Å². The summed E-state index contributed by atoms with van der Waals surface area (Å²) in [5.41, 5.74) is 2.03. The van der Waals surface area contributed by atoms with E-state index in [9.17, 15) is 9.59 Å². The standard InChI is InChI=1S/C20H21ClN2O4/c1-12-8-15(18(27-3)10-14(12)21)22-20(25)13-9-19(24)23(11-13)16-6-4-5-7-17(16)26-2/h4-8,10,13H,9,11H2,1-3H3,(H,22,25)/t13-/m1/s1. The Morgan fingerprint density at radius 1 is 1.19 bits per heavy atom. The van der Waals surface area contributed by atoms with Gasteiger partial charge in [-0.2, -0.15) is 0 Å². The third-order valence-electron chi connectivity index (χ3n) is 4.61. The maximum Gasteiger partial charge on any atom is 0.229 e. The van der Waals surface area contributed by atoms with E-state index >= 15 is 0 Å². The molecule has 27 heavy (non-hydrogen) atoms. The van der Waals surface area contributed by atoms with Crippen molar-refractivity contribution in [3.05, 3.63) is 47.0 Å². The Hall–Kier alpha value is -2.73. The van der Waals surface area contributed by atoms with Crippen LogP contribution < -0.4 is 19.7 Å². The predicted molar refractivity (Wildman–Crippen MR) is 105 cm³/mol. The lowest BCUT2D eigenvalue weighted by atomic mass is 10.1. The van der Waals surface area contributed by atoms with Gasteiger partial charge in [0.2, 0.25) is 11.8 Å². The molecule has 1 aliphatic rings. The first kappa shape index (κ1) is 19.0. The Bertz CT molecular complexity index is 884. The molecule has 1 atom stereocenters. The van der Waals surface area contributed by atoms with Crippen LogP contribution in [0, 0.1) is 12.8 Å². The molecule has 1 N–H and O–H groups in total. The molecule has 1 fully saturated rings. The quantitative estimate of drug-likeness (QED) is 0.848. The third-order valence-corrected chi connectivity index (χ3v) is 5.02. The largest absolute Gasteiger partial charge is 0.495 e. The molecule has 2 aromatic rings. The molecule has 0 aromatic heterocycles. The minimum atomic E-state index is -0.469. The van der Waals surface area contributed by atoms with E-state index in [0.717, 1.165) is 5.56 Å². The lowest BCUT2D eigenvalue weighted by Crippen LogP contribution is -2.28. The van der Waals surface area contributed by atoms with Gasteiger partial charge in [-0.25, -0.2) is 0 Å². The zero-order valence-electron chi connectivity index (χ0n) is 15.4. The molecule has 0 aliphatic carbocycles. The average molecular weight is 389 g/mol. The molecule has 0 unspecified atom stereocenters. The number of ether oxygens (including phenoxy) is 2. The maximum absolute atomic E-state index is 12.7. The summed E-state index contributed by atoms with van der Waals surface area (Å²) >= 11 is 6.11. The minimum absolute atomic E-state index is 0.112. The summed E-state index contributed by atoms with van der Waals surface area (Å²) in [7, 11) is 3.07. The molecule has 0 bridgehead atoms. The molecule has 0 radical (unpaired) electrons. The number of aryl methyl sites for hydroxylation is 1. The molecule has 1 aliphatic heterocycles. The number of hydrogen-bond donors (Lipinski definition) is 1. The zero-order chi connectivity index (χ0) is 19.6. The first-order valence-electron chi connectivity index (χ1n) is 8.53. The van der Waals surface area contributed by atoms with Crippen molar-refractivity contribution in [1.82, 2.24) is 0 Å². The fraction of sp³-hybridized carbons (Fsp3) is 0.300. The van der Waals surface area contributed by atoms with Crippen molar-refractivity contribution in [3.63, 3.8) is 0 Å². The number of carbonyl (C=O) groups excluding carboxylic acids is 2. The topological polar surface area (TPSA) is 67.9 Å². The smallest absolute Gasteiger partial charge is 0.229 e. The van der Waals surface area contributed by atoms with Crippen molar-refractivity contribution in [2.75, 3.05) is 31.0 Å². The molecule has 2 aromatic carbocycles. The summed E-state index contributed by atoms with van der Waals surface area (Å²) < 4.78 is 10.6. The monoisotopic (exact) mass is 388 g/mol. The minimum Gasteiger partial charge on any atom is -0.495 e. The van der Waals surface area contributed by atoms with Crippen LogP contribution in [0.4, 0.5) is 11.4 Å². The maximum atomic E-state index is 12.7. The lowest BCUT2D eigenvalue weighted by Gasteiger charge is -2.19. The van der Waals surface area contributed by atoms with Gasteiger partial charge < -0.3 is 19.7 Å². The van der Waals surface area contributed by atoms with Crippen LogP contribution >= 0.6 is 11.6 Å². The number of carbonyl (C=O) groups is 2. The van der Waals surface area contributed by atoms with Crippen LogP contribution in [0.25, 0.3) is 0 Å². The van der Waals surface area contributed by atoms with Gasteiger partial charge in [-0.05, 0) is 30.7 Å². The van der Waals surface area contributed by atoms with E-state index < -0.39 is 5.92 Å². The van der Waals surface area contributed by atoms with Gasteiger partial charge in [0.25, 0.3) is 0 Å². The number of benzene rings is 2. The van der Waals surface area contributed by atoms with E-state index in [1.54, 1.807) is 30.2 Å². The Kier molecular flexibility index (Phi) is 5.56. The highest BCUT2D eigenvalue weighted by molar-refractivity contribution is 6.31. The van der Waals surface area contributed by atoms with Gasteiger partial charge in [0.05, 0.1) is 31.5 Å². The fourth-order valence-corrected chi connectivity index (χ4v) is 3.29. The molecule has 3 rings (SSSR count). The molecule has 0 spiro atoms. The van der Waals surface area contributed by atoms with Crippen molar-refractivity contribution >= 4 is 34.8 Å². The first-order chi connectivity index (χ1) is 12.9. The van der Waals surface area contributed by atoms with Crippen LogP contribution in [0.2, 0.25) is 5.02 Å². The van der Waals surface area contributed by atoms with E-state index in [1.807, 2.05) is 25.1 Å². The van der Waals surface area contributed by atoms with Crippen molar-refractivity contribution in [1.29, 1.82) is 0 Å². The van der Waals surface area contributed by atoms with Crippen molar-refractivity contribution < 1.29 is 19.1 Å². The second-order valence-corrected chi connectivity index (χ2v) is 6.78. The van der Waals surface area contributed by atoms with Crippen LogP contribution in [-0.4, -0.2) is 32.6 Å². The number of para-hydroxylation sites is 2. The molecule has 2 amide bonds. The van der Waals surface area contributed by atoms with E-state index in [4.69, 9.17) is 21.1 Å². The highest BCUT2D eigenvalue weighted by atomic mass is 35.5. The zero-order valence-corrected chi connectivity index (χ0v) is 16.2. The third kappa shape index (κ3) is 3.85. The summed E-state index contributed by atoms with van der Waals surface area (Å²) in [4.78, 5) is 26.8. The highest BCUT2D eigenvalue weighted by Crippen LogP contribution is 2.35. The molecule has 0 saturated carbocycles. The fourth-order valence-electron chi connectivity index (χ4n) is 3.13. The summed E-state index contributed by atoms with van der Waals surface area (Å²) in [6.45, 7) is 2.14. The summed E-state index contributed by atoms with van der Waals surface area (Å²) in [6, 6.07) is 10.7. The van der Waals surface area contributed by atoms with Crippen LogP contribution in [0.5, 0.6) is 11.5 Å². The van der Waals surface area contributed by atoms with Gasteiger partial charge in [0.15, 0.2) is 0 Å². The van der Waals surface area contributed by atoms with Crippen LogP contribution in [0.15, 0.2) is 36.4 Å². The summed E-state index contributed by atoms with van der Waals surface area (Å²) in [5.74, 6) is 0.259. The molecule has 142 valence electrons. The van der Waals surface area contributed by atoms with Gasteiger partial charge in [0, 0.05) is 24.1 Å².